The zero-order chi connectivity index (χ0) is 27.5. The topological polar surface area (TPSA) is 77.3 Å². The zero-order valence-electron chi connectivity index (χ0n) is 21.7. The molecule has 1 aromatic carbocycles. The lowest BCUT2D eigenvalue weighted by Crippen LogP contribution is -2.41. The van der Waals surface area contributed by atoms with E-state index >= 15 is 0 Å². The van der Waals surface area contributed by atoms with Crippen LogP contribution in [0.3, 0.4) is 0 Å². The molecule has 7 nitrogen and oxygen atoms in total. The number of thioether (sulfide) groups is 1. The minimum atomic E-state index is -4.54. The van der Waals surface area contributed by atoms with E-state index in [0.29, 0.717) is 13.1 Å². The highest BCUT2D eigenvalue weighted by molar-refractivity contribution is 7.98. The van der Waals surface area contributed by atoms with Gasteiger partial charge in [-0.3, -0.25) is 4.79 Å². The van der Waals surface area contributed by atoms with E-state index in [1.54, 1.807) is 11.8 Å². The van der Waals surface area contributed by atoms with Gasteiger partial charge in [-0.2, -0.15) is 13.2 Å². The van der Waals surface area contributed by atoms with Crippen LogP contribution in [0.1, 0.15) is 56.3 Å². The van der Waals surface area contributed by atoms with Crippen LogP contribution in [0.4, 0.5) is 19.1 Å². The van der Waals surface area contributed by atoms with Crippen LogP contribution in [0.25, 0.3) is 10.9 Å². The predicted molar refractivity (Wildman–Crippen MR) is 138 cm³/mol. The minimum Gasteiger partial charge on any atom is -0.461 e. The molecule has 0 fully saturated rings. The second-order valence-corrected chi connectivity index (χ2v) is 9.89. The van der Waals surface area contributed by atoms with Crippen molar-refractivity contribution in [3.63, 3.8) is 0 Å². The summed E-state index contributed by atoms with van der Waals surface area (Å²) in [5.41, 5.74) is 2.09. The number of esters is 1. The molecule has 0 bridgehead atoms. The van der Waals surface area contributed by atoms with Gasteiger partial charge in [-0.15, -0.1) is 11.8 Å². The van der Waals surface area contributed by atoms with Crippen molar-refractivity contribution in [1.29, 1.82) is 0 Å². The molecule has 1 unspecified atom stereocenters. The van der Waals surface area contributed by atoms with Gasteiger partial charge in [-0.25, -0.2) is 9.97 Å². The number of anilines is 1. The Kier molecular flexibility index (Phi) is 8.88. The van der Waals surface area contributed by atoms with Gasteiger partial charge in [-0.1, -0.05) is 13.8 Å². The average Bonchev–Trinajstić information content (AvgIpc) is 3.18. The highest BCUT2D eigenvalue weighted by Crippen LogP contribution is 2.40. The number of ether oxygens (including phenoxy) is 1. The summed E-state index contributed by atoms with van der Waals surface area (Å²) in [5, 5.41) is 1.00. The summed E-state index contributed by atoms with van der Waals surface area (Å²) in [6.45, 7) is 9.57. The number of halogens is 3. The Morgan fingerprint density at radius 1 is 1.27 bits per heavy atom. The molecule has 0 N–H and O–H groups in total. The summed E-state index contributed by atoms with van der Waals surface area (Å²) in [7, 11) is 0. The molecule has 11 heteroatoms. The lowest BCUT2D eigenvalue weighted by Gasteiger charge is -2.39. The molecule has 1 aliphatic heterocycles. The van der Waals surface area contributed by atoms with Crippen LogP contribution in [0.5, 0.6) is 0 Å². The maximum atomic E-state index is 13.5. The van der Waals surface area contributed by atoms with Crippen molar-refractivity contribution in [2.45, 2.75) is 64.9 Å². The third-order valence-corrected chi connectivity index (χ3v) is 6.91. The SMILES string of the molecule is CC=O.CSc1cc2c(cc1COC(C)=O)cc1n2CCN(c2ncc(C)c(C(F)(F)F)n2)C1C(C)C. The van der Waals surface area contributed by atoms with Crippen LogP contribution < -0.4 is 4.90 Å². The van der Waals surface area contributed by atoms with Crippen molar-refractivity contribution in [3.05, 3.63) is 46.9 Å². The number of alkyl halides is 3. The van der Waals surface area contributed by atoms with Crippen LogP contribution in [-0.2, 0) is 33.7 Å². The van der Waals surface area contributed by atoms with Crippen LogP contribution in [0, 0.1) is 12.8 Å². The average molecular weight is 537 g/mol. The van der Waals surface area contributed by atoms with Gasteiger partial charge in [0.15, 0.2) is 5.69 Å². The van der Waals surface area contributed by atoms with E-state index in [1.807, 2.05) is 31.1 Å². The fourth-order valence-electron chi connectivity index (χ4n) is 4.63. The number of aryl methyl sites for hydroxylation is 1. The lowest BCUT2D eigenvalue weighted by molar-refractivity contribution is -0.142. The number of fused-ring (bicyclic) bond motifs is 3. The van der Waals surface area contributed by atoms with E-state index < -0.39 is 11.9 Å². The van der Waals surface area contributed by atoms with Crippen molar-refractivity contribution in [2.75, 3.05) is 17.7 Å². The fraction of sp³-hybridized carbons (Fsp3) is 0.462. The van der Waals surface area contributed by atoms with Crippen LogP contribution in [-0.4, -0.2) is 39.6 Å². The molecule has 37 heavy (non-hydrogen) atoms. The van der Waals surface area contributed by atoms with Gasteiger partial charge in [0, 0.05) is 53.3 Å². The van der Waals surface area contributed by atoms with Gasteiger partial charge in [0.05, 0.1) is 6.04 Å². The van der Waals surface area contributed by atoms with Crippen molar-refractivity contribution in [1.82, 2.24) is 14.5 Å². The van der Waals surface area contributed by atoms with E-state index in [1.165, 1.54) is 27.0 Å². The van der Waals surface area contributed by atoms with Gasteiger partial charge in [0.2, 0.25) is 5.95 Å². The van der Waals surface area contributed by atoms with Crippen molar-refractivity contribution in [3.8, 4) is 0 Å². The summed E-state index contributed by atoms with van der Waals surface area (Å²) in [6, 6.07) is 6.01. The standard InChI is InChI=1S/C24H27F3N4O2S.C2H4O/c1-13(2)21-19-9-16-8-17(12-33-15(4)32)20(34-5)10-18(16)30(19)6-7-31(21)23-28-11-14(3)22(29-23)24(25,26)27;1-2-3/h8-11,13,21H,6-7,12H2,1-5H3;2H,1H3. The molecule has 1 atom stereocenters. The van der Waals surface area contributed by atoms with E-state index in [2.05, 4.69) is 26.7 Å². The largest absolute Gasteiger partial charge is 0.461 e. The molecule has 1 aliphatic rings. The number of aromatic nitrogens is 3. The summed E-state index contributed by atoms with van der Waals surface area (Å²) in [6.07, 6.45) is -0.560. The van der Waals surface area contributed by atoms with Gasteiger partial charge in [0.1, 0.15) is 12.9 Å². The number of nitrogens with zero attached hydrogens (tertiary/aromatic N) is 4. The molecule has 0 aliphatic carbocycles. The van der Waals surface area contributed by atoms with Crippen LogP contribution in [0.15, 0.2) is 29.3 Å². The first kappa shape index (κ1) is 28.5. The van der Waals surface area contributed by atoms with Gasteiger partial charge < -0.3 is 19.0 Å². The Bertz CT molecular complexity index is 1290. The van der Waals surface area contributed by atoms with Gasteiger partial charge in [0.25, 0.3) is 0 Å². The number of carbonyl (C=O) groups excluding carboxylic acids is 2. The highest BCUT2D eigenvalue weighted by Gasteiger charge is 2.38. The van der Waals surface area contributed by atoms with E-state index in [0.717, 1.165) is 33.3 Å². The predicted octanol–water partition coefficient (Wildman–Crippen LogP) is 5.97. The first-order chi connectivity index (χ1) is 17.4. The summed E-state index contributed by atoms with van der Waals surface area (Å²) in [4.78, 5) is 31.2. The molecule has 0 saturated carbocycles. The smallest absolute Gasteiger partial charge is 0.433 e. The van der Waals surface area contributed by atoms with Crippen molar-refractivity contribution < 1.29 is 27.5 Å². The maximum absolute atomic E-state index is 13.5. The Morgan fingerprint density at radius 3 is 2.51 bits per heavy atom. The third kappa shape index (κ3) is 6.08. The summed E-state index contributed by atoms with van der Waals surface area (Å²) >= 11 is 1.58. The van der Waals surface area contributed by atoms with Crippen molar-refractivity contribution >= 4 is 40.9 Å². The normalized spacial score (nSPS) is 15.3. The molecular formula is C26H31F3N4O3S. The van der Waals surface area contributed by atoms with E-state index in [-0.39, 0.29) is 36.0 Å². The summed E-state index contributed by atoms with van der Waals surface area (Å²) in [5.74, 6) is -0.146. The fourth-order valence-corrected chi connectivity index (χ4v) is 5.24. The quantitative estimate of drug-likeness (QED) is 0.226. The molecule has 200 valence electrons. The molecule has 3 aromatic rings. The number of benzene rings is 1. The highest BCUT2D eigenvalue weighted by atomic mass is 32.2. The molecule has 0 spiro atoms. The number of hydrogen-bond acceptors (Lipinski definition) is 7. The van der Waals surface area contributed by atoms with Crippen LogP contribution >= 0.6 is 11.8 Å². The van der Waals surface area contributed by atoms with Crippen LogP contribution in [0.2, 0.25) is 0 Å². The molecule has 0 amide bonds. The first-order valence-electron chi connectivity index (χ1n) is 11.8. The molecule has 2 aromatic heterocycles. The number of aldehydes is 1. The number of carbonyl (C=O) groups is 2. The Morgan fingerprint density at radius 2 is 1.95 bits per heavy atom. The number of hydrogen-bond donors (Lipinski definition) is 0. The van der Waals surface area contributed by atoms with E-state index in [9.17, 15) is 18.0 Å². The molecule has 0 saturated heterocycles. The Labute approximate surface area is 218 Å². The molecular weight excluding hydrogens is 505 g/mol. The van der Waals surface area contributed by atoms with Gasteiger partial charge in [-0.05, 0) is 49.8 Å². The molecule has 0 radical (unpaired) electrons. The molecule has 4 rings (SSSR count). The van der Waals surface area contributed by atoms with Crippen molar-refractivity contribution in [2.24, 2.45) is 5.92 Å². The second kappa shape index (κ2) is 11.5. The van der Waals surface area contributed by atoms with E-state index in [4.69, 9.17) is 9.53 Å². The summed E-state index contributed by atoms with van der Waals surface area (Å²) < 4.78 is 48.0. The minimum absolute atomic E-state index is 0.00775. The number of rotatable bonds is 5. The second-order valence-electron chi connectivity index (χ2n) is 9.04. The molecule has 3 heterocycles. The Hall–Kier alpha value is -3.08. The lowest BCUT2D eigenvalue weighted by atomic mass is 9.97. The third-order valence-electron chi connectivity index (χ3n) is 6.09. The van der Waals surface area contributed by atoms with Gasteiger partial charge >= 0.3 is 12.1 Å². The zero-order valence-corrected chi connectivity index (χ0v) is 22.5. The Balaban J connectivity index is 0.00000121. The first-order valence-corrected chi connectivity index (χ1v) is 13.1. The maximum Gasteiger partial charge on any atom is 0.433 e. The monoisotopic (exact) mass is 536 g/mol.